The Morgan fingerprint density at radius 1 is 1.29 bits per heavy atom. The Morgan fingerprint density at radius 2 is 2.19 bits per heavy atom. The van der Waals surface area contributed by atoms with Gasteiger partial charge in [0.15, 0.2) is 5.65 Å². The van der Waals surface area contributed by atoms with Crippen molar-refractivity contribution in [1.29, 1.82) is 0 Å². The molecule has 3 aromatic rings. The summed E-state index contributed by atoms with van der Waals surface area (Å²) >= 11 is 0. The molecule has 0 atom stereocenters. The maximum absolute atomic E-state index is 12.4. The Morgan fingerprint density at radius 3 is 3.14 bits per heavy atom. The molecule has 0 bridgehead atoms. The van der Waals surface area contributed by atoms with Gasteiger partial charge in [-0.1, -0.05) is 0 Å². The Hall–Kier alpha value is -2.63. The highest BCUT2D eigenvalue weighted by atomic mass is 16.1. The second-order valence-electron chi connectivity index (χ2n) is 5.34. The van der Waals surface area contributed by atoms with E-state index in [1.807, 2.05) is 24.5 Å². The molecule has 6 heteroatoms. The van der Waals surface area contributed by atoms with Gasteiger partial charge in [-0.05, 0) is 48.9 Å². The highest BCUT2D eigenvalue weighted by molar-refractivity contribution is 6.04. The fraction of sp³-hybridized carbons (Fsp3) is 0.267. The van der Waals surface area contributed by atoms with E-state index in [1.165, 1.54) is 17.5 Å². The number of hydrogen-bond donors (Lipinski definition) is 2. The third-order valence-electron chi connectivity index (χ3n) is 3.98. The molecular formula is C15H15N5O. The molecule has 0 spiro atoms. The van der Waals surface area contributed by atoms with Crippen LogP contribution in [0.15, 0.2) is 30.9 Å². The summed E-state index contributed by atoms with van der Waals surface area (Å²) in [6.45, 7) is 0. The number of nitrogens with one attached hydrogen (secondary N) is 2. The number of amides is 1. The maximum atomic E-state index is 12.4. The van der Waals surface area contributed by atoms with E-state index in [9.17, 15) is 4.79 Å². The summed E-state index contributed by atoms with van der Waals surface area (Å²) in [5.74, 6) is -0.0921. The second-order valence-corrected chi connectivity index (χ2v) is 5.34. The number of hydrogen-bond acceptors (Lipinski definition) is 3. The van der Waals surface area contributed by atoms with Gasteiger partial charge in [0, 0.05) is 12.4 Å². The van der Waals surface area contributed by atoms with Gasteiger partial charge < -0.3 is 10.3 Å². The van der Waals surface area contributed by atoms with Crippen molar-refractivity contribution >= 4 is 17.2 Å². The number of pyridine rings is 1. The summed E-state index contributed by atoms with van der Waals surface area (Å²) in [4.78, 5) is 15.6. The molecule has 3 heterocycles. The third-order valence-corrected chi connectivity index (χ3v) is 3.98. The van der Waals surface area contributed by atoms with Crippen molar-refractivity contribution in [3.8, 4) is 0 Å². The predicted octanol–water partition coefficient (Wildman–Crippen LogP) is 2.19. The molecule has 4 rings (SSSR count). The van der Waals surface area contributed by atoms with Gasteiger partial charge in [0.2, 0.25) is 0 Å². The highest BCUT2D eigenvalue weighted by Gasteiger charge is 2.19. The van der Waals surface area contributed by atoms with Gasteiger partial charge in [0.1, 0.15) is 12.0 Å². The molecule has 0 aliphatic heterocycles. The van der Waals surface area contributed by atoms with Crippen molar-refractivity contribution in [2.45, 2.75) is 25.7 Å². The van der Waals surface area contributed by atoms with Crippen LogP contribution in [0.5, 0.6) is 0 Å². The number of aryl methyl sites for hydroxylation is 1. The molecule has 21 heavy (non-hydrogen) atoms. The van der Waals surface area contributed by atoms with Crippen LogP contribution < -0.4 is 5.32 Å². The average molecular weight is 281 g/mol. The lowest BCUT2D eigenvalue weighted by atomic mass is 9.93. The molecule has 2 N–H and O–H groups in total. The lowest BCUT2D eigenvalue weighted by Gasteiger charge is -2.12. The van der Waals surface area contributed by atoms with Crippen LogP contribution in [0.4, 0.5) is 5.69 Å². The lowest BCUT2D eigenvalue weighted by molar-refractivity contribution is 0.102. The van der Waals surface area contributed by atoms with Crippen molar-refractivity contribution in [2.75, 3.05) is 5.32 Å². The quantitative estimate of drug-likeness (QED) is 0.756. The Kier molecular flexibility index (Phi) is 2.73. The Balaban J connectivity index is 1.61. The molecule has 0 radical (unpaired) electrons. The van der Waals surface area contributed by atoms with Crippen molar-refractivity contribution < 1.29 is 4.79 Å². The molecular weight excluding hydrogens is 266 g/mol. The van der Waals surface area contributed by atoms with Crippen LogP contribution in [-0.2, 0) is 12.8 Å². The van der Waals surface area contributed by atoms with Crippen LogP contribution >= 0.6 is 0 Å². The summed E-state index contributed by atoms with van der Waals surface area (Å²) in [6, 6.07) is 3.66. The Bertz CT molecular complexity index is 816. The zero-order valence-electron chi connectivity index (χ0n) is 11.5. The molecule has 0 fully saturated rings. The number of anilines is 1. The minimum atomic E-state index is -0.0921. The number of carbonyl (C=O) groups is 1. The predicted molar refractivity (Wildman–Crippen MR) is 78.4 cm³/mol. The summed E-state index contributed by atoms with van der Waals surface area (Å²) < 4.78 is 1.78. The smallest absolute Gasteiger partial charge is 0.272 e. The van der Waals surface area contributed by atoms with Crippen LogP contribution in [0.3, 0.4) is 0 Å². The zero-order chi connectivity index (χ0) is 14.2. The van der Waals surface area contributed by atoms with E-state index in [1.54, 1.807) is 10.7 Å². The number of carbonyl (C=O) groups excluding carboxylic acids is 1. The number of nitrogens with zero attached hydrogens (tertiary/aromatic N) is 3. The number of fused-ring (bicyclic) bond motifs is 2. The molecule has 106 valence electrons. The van der Waals surface area contributed by atoms with E-state index in [2.05, 4.69) is 20.5 Å². The first-order chi connectivity index (χ1) is 10.3. The number of aromatic nitrogens is 4. The van der Waals surface area contributed by atoms with E-state index in [0.717, 1.165) is 30.6 Å². The van der Waals surface area contributed by atoms with E-state index in [4.69, 9.17) is 0 Å². The zero-order valence-corrected chi connectivity index (χ0v) is 11.5. The van der Waals surface area contributed by atoms with Crippen LogP contribution in [0.25, 0.3) is 5.65 Å². The molecule has 3 aromatic heterocycles. The first-order valence-electron chi connectivity index (χ1n) is 7.11. The van der Waals surface area contributed by atoms with Gasteiger partial charge in [-0.15, -0.1) is 10.2 Å². The van der Waals surface area contributed by atoms with E-state index >= 15 is 0 Å². The van der Waals surface area contributed by atoms with Crippen LogP contribution in [0.2, 0.25) is 0 Å². The van der Waals surface area contributed by atoms with Gasteiger partial charge in [0.05, 0.1) is 5.69 Å². The molecule has 6 nitrogen and oxygen atoms in total. The van der Waals surface area contributed by atoms with E-state index in [0.29, 0.717) is 5.69 Å². The lowest BCUT2D eigenvalue weighted by Crippen LogP contribution is -2.15. The minimum absolute atomic E-state index is 0.0921. The van der Waals surface area contributed by atoms with Crippen LogP contribution in [0.1, 0.15) is 34.5 Å². The first-order valence-corrected chi connectivity index (χ1v) is 7.11. The van der Waals surface area contributed by atoms with Gasteiger partial charge in [-0.2, -0.15) is 0 Å². The highest BCUT2D eigenvalue weighted by Crippen LogP contribution is 2.24. The fourth-order valence-electron chi connectivity index (χ4n) is 2.92. The fourth-order valence-corrected chi connectivity index (χ4v) is 2.92. The van der Waals surface area contributed by atoms with Crippen molar-refractivity contribution in [2.24, 2.45) is 0 Å². The SMILES string of the molecule is O=C(Nc1ccc2nncn2c1)c1[nH]cc2c1CCCC2. The van der Waals surface area contributed by atoms with E-state index < -0.39 is 0 Å². The average Bonchev–Trinajstić information content (AvgIpc) is 3.13. The molecule has 0 unspecified atom stereocenters. The van der Waals surface area contributed by atoms with Crippen molar-refractivity contribution in [3.05, 3.63) is 47.7 Å². The molecule has 0 aromatic carbocycles. The minimum Gasteiger partial charge on any atom is -0.357 e. The molecule has 0 saturated carbocycles. The van der Waals surface area contributed by atoms with Crippen LogP contribution in [-0.4, -0.2) is 25.5 Å². The standard InChI is InChI=1S/C15H15N5O/c21-15(14-12-4-2-1-3-10(12)7-16-14)18-11-5-6-13-19-17-9-20(13)8-11/h5-9,16H,1-4H2,(H,18,21). The summed E-state index contributed by atoms with van der Waals surface area (Å²) in [6.07, 6.45) is 9.78. The first kappa shape index (κ1) is 12.1. The molecule has 1 aliphatic carbocycles. The third kappa shape index (κ3) is 2.08. The number of aromatic amines is 1. The maximum Gasteiger partial charge on any atom is 0.272 e. The number of rotatable bonds is 2. The van der Waals surface area contributed by atoms with Gasteiger partial charge in [0.25, 0.3) is 5.91 Å². The molecule has 1 aliphatic rings. The largest absolute Gasteiger partial charge is 0.357 e. The monoisotopic (exact) mass is 281 g/mol. The van der Waals surface area contributed by atoms with Crippen LogP contribution in [0, 0.1) is 0 Å². The molecule has 0 saturated heterocycles. The van der Waals surface area contributed by atoms with E-state index in [-0.39, 0.29) is 5.91 Å². The second kappa shape index (κ2) is 4.73. The van der Waals surface area contributed by atoms with Gasteiger partial charge in [-0.3, -0.25) is 9.20 Å². The van der Waals surface area contributed by atoms with Crippen molar-refractivity contribution in [1.82, 2.24) is 19.6 Å². The Labute approximate surface area is 121 Å². The summed E-state index contributed by atoms with van der Waals surface area (Å²) in [5, 5.41) is 10.7. The molecule has 1 amide bonds. The summed E-state index contributed by atoms with van der Waals surface area (Å²) in [5.41, 5.74) is 4.62. The van der Waals surface area contributed by atoms with Gasteiger partial charge >= 0.3 is 0 Å². The normalized spacial score (nSPS) is 14.1. The topological polar surface area (TPSA) is 75.1 Å². The van der Waals surface area contributed by atoms with Crippen molar-refractivity contribution in [3.63, 3.8) is 0 Å². The number of H-pyrrole nitrogens is 1. The van der Waals surface area contributed by atoms with Gasteiger partial charge in [-0.25, -0.2) is 0 Å². The summed E-state index contributed by atoms with van der Waals surface area (Å²) in [7, 11) is 0.